The third-order valence-electron chi connectivity index (χ3n) is 6.13. The Morgan fingerprint density at radius 1 is 1.19 bits per heavy atom. The van der Waals surface area contributed by atoms with Gasteiger partial charge in [0.15, 0.2) is 5.84 Å². The number of amides is 2. The molecule has 1 unspecified atom stereocenters. The van der Waals surface area contributed by atoms with Gasteiger partial charge in [0.2, 0.25) is 0 Å². The fraction of sp³-hybridized carbons (Fsp3) is 0.435. The van der Waals surface area contributed by atoms with E-state index in [-0.39, 0.29) is 12.1 Å². The molecule has 0 N–H and O–H groups in total. The number of carbonyl (C=O) groups excluding carboxylic acids is 1. The molecule has 0 aliphatic carbocycles. The van der Waals surface area contributed by atoms with E-state index in [1.165, 1.54) is 0 Å². The molecule has 1 aromatic carbocycles. The zero-order valence-corrected chi connectivity index (χ0v) is 18.5. The predicted molar refractivity (Wildman–Crippen MR) is 122 cm³/mol. The first kappa shape index (κ1) is 20.3. The van der Waals surface area contributed by atoms with E-state index < -0.39 is 0 Å². The van der Waals surface area contributed by atoms with E-state index in [4.69, 9.17) is 26.3 Å². The number of fused-ring (bicyclic) bond motifs is 3. The number of rotatable bonds is 4. The molecule has 5 rings (SSSR count). The number of hydrogen-bond donors (Lipinski definition) is 0. The number of halogens is 1. The summed E-state index contributed by atoms with van der Waals surface area (Å²) in [6.45, 7) is 8.34. The molecule has 2 aromatic rings. The summed E-state index contributed by atoms with van der Waals surface area (Å²) >= 11 is 6.06. The summed E-state index contributed by atoms with van der Waals surface area (Å²) in [6, 6.07) is 9.73. The van der Waals surface area contributed by atoms with Crippen LogP contribution in [0, 0.1) is 5.92 Å². The molecule has 1 atom stereocenters. The smallest absolute Gasteiger partial charge is 0.330 e. The van der Waals surface area contributed by atoms with Gasteiger partial charge < -0.3 is 9.64 Å². The van der Waals surface area contributed by atoms with E-state index in [9.17, 15) is 4.79 Å². The Morgan fingerprint density at radius 3 is 2.65 bits per heavy atom. The summed E-state index contributed by atoms with van der Waals surface area (Å²) in [6.07, 6.45) is 1.89. The van der Waals surface area contributed by atoms with Gasteiger partial charge in [-0.25, -0.2) is 9.78 Å². The van der Waals surface area contributed by atoms with Crippen LogP contribution in [-0.2, 0) is 11.3 Å². The maximum absolute atomic E-state index is 13.6. The van der Waals surface area contributed by atoms with Crippen LogP contribution in [0.1, 0.15) is 25.1 Å². The highest BCUT2D eigenvalue weighted by Gasteiger charge is 2.42. The van der Waals surface area contributed by atoms with Crippen molar-refractivity contribution in [3.63, 3.8) is 0 Å². The Hall–Kier alpha value is -2.64. The lowest BCUT2D eigenvalue weighted by atomic mass is 10.1. The maximum Gasteiger partial charge on any atom is 0.330 e. The molecule has 1 saturated heterocycles. The third-order valence-corrected chi connectivity index (χ3v) is 6.38. The lowest BCUT2D eigenvalue weighted by Gasteiger charge is -2.36. The van der Waals surface area contributed by atoms with Crippen LogP contribution in [0.2, 0.25) is 5.02 Å². The lowest BCUT2D eigenvalue weighted by molar-refractivity contribution is 0.122. The van der Waals surface area contributed by atoms with Gasteiger partial charge in [-0.3, -0.25) is 14.8 Å². The van der Waals surface area contributed by atoms with Gasteiger partial charge in [0, 0.05) is 18.1 Å². The lowest BCUT2D eigenvalue weighted by Crippen LogP contribution is -2.50. The van der Waals surface area contributed by atoms with Gasteiger partial charge in [0.05, 0.1) is 49.9 Å². The van der Waals surface area contributed by atoms with E-state index in [1.54, 1.807) is 4.90 Å². The average Bonchev–Trinajstić information content (AvgIpc) is 3.24. The van der Waals surface area contributed by atoms with Crippen LogP contribution in [0.4, 0.5) is 16.2 Å². The Morgan fingerprint density at radius 2 is 1.94 bits per heavy atom. The monoisotopic (exact) mass is 439 g/mol. The average molecular weight is 440 g/mol. The van der Waals surface area contributed by atoms with E-state index in [0.717, 1.165) is 35.7 Å². The molecule has 4 heterocycles. The number of amidine groups is 1. The molecule has 0 spiro atoms. The van der Waals surface area contributed by atoms with Crippen molar-refractivity contribution in [3.8, 4) is 0 Å². The third kappa shape index (κ3) is 3.77. The van der Waals surface area contributed by atoms with Crippen LogP contribution in [-0.4, -0.2) is 60.6 Å². The molecule has 3 aliphatic heterocycles. The molecule has 0 radical (unpaired) electrons. The van der Waals surface area contributed by atoms with Crippen LogP contribution in [0.15, 0.2) is 41.5 Å². The van der Waals surface area contributed by atoms with Gasteiger partial charge in [-0.2, -0.15) is 0 Å². The second-order valence-electron chi connectivity index (χ2n) is 8.53. The van der Waals surface area contributed by atoms with Crippen LogP contribution < -0.4 is 9.80 Å². The van der Waals surface area contributed by atoms with Crippen LogP contribution >= 0.6 is 11.6 Å². The molecule has 7 nitrogen and oxygen atoms in total. The second kappa shape index (κ2) is 8.13. The summed E-state index contributed by atoms with van der Waals surface area (Å²) < 4.78 is 5.49. The number of benzene rings is 1. The number of pyridine rings is 1. The normalized spacial score (nSPS) is 20.8. The molecular weight excluding hydrogens is 414 g/mol. The van der Waals surface area contributed by atoms with Gasteiger partial charge in [0.25, 0.3) is 0 Å². The van der Waals surface area contributed by atoms with Crippen molar-refractivity contribution in [3.05, 3.63) is 52.8 Å². The van der Waals surface area contributed by atoms with Crippen molar-refractivity contribution >= 4 is 34.8 Å². The first-order valence-electron chi connectivity index (χ1n) is 10.8. The van der Waals surface area contributed by atoms with Crippen molar-refractivity contribution in [2.24, 2.45) is 10.9 Å². The summed E-state index contributed by atoms with van der Waals surface area (Å²) in [7, 11) is 0. The highest BCUT2D eigenvalue weighted by Crippen LogP contribution is 2.35. The number of aromatic nitrogens is 1. The van der Waals surface area contributed by atoms with Crippen molar-refractivity contribution < 1.29 is 9.53 Å². The quantitative estimate of drug-likeness (QED) is 0.727. The Kier molecular flexibility index (Phi) is 5.32. The van der Waals surface area contributed by atoms with Gasteiger partial charge >= 0.3 is 6.03 Å². The highest BCUT2D eigenvalue weighted by molar-refractivity contribution is 6.30. The minimum atomic E-state index is -0.0507. The molecule has 1 fully saturated rings. The van der Waals surface area contributed by atoms with E-state index >= 15 is 0 Å². The van der Waals surface area contributed by atoms with E-state index in [2.05, 4.69) is 24.8 Å². The van der Waals surface area contributed by atoms with Crippen LogP contribution in [0.3, 0.4) is 0 Å². The standard InChI is InChI=1S/C23H26ClN5O2/c1-15(2)19-14-29-22(26-19)21-20(11-18(12-25-21)27-7-9-31-10-8-27)28(23(29)30)13-16-3-5-17(24)6-4-16/h3-6,11-12,15,19H,7-10,13-14H2,1-2H3. The van der Waals surface area contributed by atoms with Crippen LogP contribution in [0.5, 0.6) is 0 Å². The fourth-order valence-electron chi connectivity index (χ4n) is 4.25. The number of nitrogens with zero attached hydrogens (tertiary/aromatic N) is 5. The van der Waals surface area contributed by atoms with Crippen molar-refractivity contribution in [2.75, 3.05) is 42.6 Å². The first-order valence-corrected chi connectivity index (χ1v) is 11.1. The van der Waals surface area contributed by atoms with Crippen molar-refractivity contribution in [1.82, 2.24) is 9.88 Å². The molecule has 1 aromatic heterocycles. The largest absolute Gasteiger partial charge is 0.378 e. The Balaban J connectivity index is 1.56. The Labute approximate surface area is 187 Å². The molecular formula is C23H26ClN5O2. The minimum Gasteiger partial charge on any atom is -0.378 e. The maximum atomic E-state index is 13.6. The zero-order valence-electron chi connectivity index (χ0n) is 17.8. The molecule has 0 bridgehead atoms. The molecule has 162 valence electrons. The fourth-order valence-corrected chi connectivity index (χ4v) is 4.37. The molecule has 2 amide bonds. The number of urea groups is 1. The van der Waals surface area contributed by atoms with Gasteiger partial charge in [-0.1, -0.05) is 37.6 Å². The van der Waals surface area contributed by atoms with E-state index in [0.29, 0.717) is 43.1 Å². The predicted octanol–water partition coefficient (Wildman–Crippen LogP) is 3.80. The number of aliphatic imine (C=N–C) groups is 1. The zero-order chi connectivity index (χ0) is 21.5. The topological polar surface area (TPSA) is 61.3 Å². The van der Waals surface area contributed by atoms with Crippen molar-refractivity contribution in [2.45, 2.75) is 26.4 Å². The minimum absolute atomic E-state index is 0.0507. The number of carbonyl (C=O) groups is 1. The van der Waals surface area contributed by atoms with Crippen LogP contribution in [0.25, 0.3) is 0 Å². The SMILES string of the molecule is CC(C)C1CN2C(=O)N(Cc3ccc(Cl)cc3)c3cc(N4CCOCC4)cnc3C2=N1. The number of anilines is 2. The van der Waals surface area contributed by atoms with Gasteiger partial charge in [-0.15, -0.1) is 0 Å². The summed E-state index contributed by atoms with van der Waals surface area (Å²) in [5.74, 6) is 1.05. The summed E-state index contributed by atoms with van der Waals surface area (Å²) in [5, 5.41) is 0.680. The molecule has 8 heteroatoms. The number of hydrogen-bond acceptors (Lipinski definition) is 5. The first-order chi connectivity index (χ1) is 15.0. The molecule has 31 heavy (non-hydrogen) atoms. The van der Waals surface area contributed by atoms with Gasteiger partial charge in [-0.05, 0) is 29.7 Å². The summed E-state index contributed by atoms with van der Waals surface area (Å²) in [4.78, 5) is 29.1. The number of ether oxygens (including phenoxy) is 1. The van der Waals surface area contributed by atoms with E-state index in [1.807, 2.05) is 35.4 Å². The Bertz CT molecular complexity index is 1020. The van der Waals surface area contributed by atoms with Crippen molar-refractivity contribution in [1.29, 1.82) is 0 Å². The van der Waals surface area contributed by atoms with Gasteiger partial charge in [0.1, 0.15) is 5.69 Å². The number of morpholine rings is 1. The second-order valence-corrected chi connectivity index (χ2v) is 8.97. The molecule has 3 aliphatic rings. The molecule has 0 saturated carbocycles. The summed E-state index contributed by atoms with van der Waals surface area (Å²) in [5.41, 5.74) is 3.60. The highest BCUT2D eigenvalue weighted by atomic mass is 35.5.